The minimum atomic E-state index is -0.319. The number of ether oxygens (including phenoxy) is 2. The van der Waals surface area contributed by atoms with E-state index in [2.05, 4.69) is 0 Å². The van der Waals surface area contributed by atoms with E-state index in [-0.39, 0.29) is 24.0 Å². The third-order valence-corrected chi connectivity index (χ3v) is 2.93. The zero-order valence-electron chi connectivity index (χ0n) is 9.42. The molecule has 16 heavy (non-hydrogen) atoms. The van der Waals surface area contributed by atoms with Crippen LogP contribution in [0.15, 0.2) is 0 Å². The Labute approximate surface area is 95.5 Å². The van der Waals surface area contributed by atoms with Gasteiger partial charge < -0.3 is 31.2 Å². The average molecular weight is 234 g/mol. The summed E-state index contributed by atoms with van der Waals surface area (Å²) < 4.78 is 9.86. The molecule has 0 unspecified atom stereocenters. The van der Waals surface area contributed by atoms with E-state index in [9.17, 15) is 0 Å². The molecule has 4 atom stereocenters. The van der Waals surface area contributed by atoms with Crippen molar-refractivity contribution < 1.29 is 19.7 Å². The van der Waals surface area contributed by atoms with Crippen molar-refractivity contribution in [1.29, 1.82) is 0 Å². The third kappa shape index (κ3) is 3.97. The van der Waals surface area contributed by atoms with Gasteiger partial charge in [-0.1, -0.05) is 0 Å². The summed E-state index contributed by atoms with van der Waals surface area (Å²) in [5.74, 6) is 0.352. The van der Waals surface area contributed by atoms with Gasteiger partial charge in [0, 0.05) is 11.8 Å². The van der Waals surface area contributed by atoms with Crippen LogP contribution in [0.2, 0.25) is 0 Å². The Balaban J connectivity index is 0.000000160. The van der Waals surface area contributed by atoms with Crippen LogP contribution in [0.1, 0.15) is 0 Å². The molecule has 2 heterocycles. The van der Waals surface area contributed by atoms with Crippen molar-refractivity contribution >= 4 is 0 Å². The number of nitrogens with two attached hydrogens (primary N) is 2. The molecule has 2 rings (SSSR count). The van der Waals surface area contributed by atoms with Gasteiger partial charge in [0.15, 0.2) is 0 Å². The molecular weight excluding hydrogens is 212 g/mol. The van der Waals surface area contributed by atoms with E-state index in [0.717, 1.165) is 0 Å². The highest BCUT2D eigenvalue weighted by Crippen LogP contribution is 2.11. The Bertz CT molecular complexity index is 174. The van der Waals surface area contributed by atoms with Gasteiger partial charge in [-0.05, 0) is 13.1 Å². The van der Waals surface area contributed by atoms with Gasteiger partial charge in [-0.3, -0.25) is 0 Å². The van der Waals surface area contributed by atoms with Gasteiger partial charge in [0.05, 0.1) is 38.6 Å². The molecule has 0 aromatic heterocycles. The Kier molecular flexibility index (Phi) is 6.18. The van der Waals surface area contributed by atoms with Crippen LogP contribution in [-0.4, -0.2) is 61.9 Å². The molecule has 2 aliphatic rings. The first-order valence-electron chi connectivity index (χ1n) is 5.60. The second kappa shape index (κ2) is 7.16. The van der Waals surface area contributed by atoms with Crippen molar-refractivity contribution in [3.63, 3.8) is 0 Å². The minimum absolute atomic E-state index is 0.176. The summed E-state index contributed by atoms with van der Waals surface area (Å²) in [5, 5.41) is 18.0. The smallest absolute Gasteiger partial charge is 0.0835 e. The van der Waals surface area contributed by atoms with Gasteiger partial charge in [0.2, 0.25) is 0 Å². The average Bonchev–Trinajstić information content (AvgIpc) is 2.87. The largest absolute Gasteiger partial charge is 0.390 e. The highest BCUT2D eigenvalue weighted by molar-refractivity contribution is 4.74. The number of rotatable bonds is 2. The van der Waals surface area contributed by atoms with Crippen molar-refractivity contribution in [2.45, 2.75) is 12.2 Å². The third-order valence-electron chi connectivity index (χ3n) is 2.93. The maximum atomic E-state index is 8.98. The van der Waals surface area contributed by atoms with Crippen molar-refractivity contribution in [3.05, 3.63) is 0 Å². The first kappa shape index (κ1) is 13.8. The highest BCUT2D eigenvalue weighted by Gasteiger charge is 2.24. The lowest BCUT2D eigenvalue weighted by molar-refractivity contribution is 0.119. The molecule has 6 nitrogen and oxygen atoms in total. The van der Waals surface area contributed by atoms with Crippen molar-refractivity contribution in [1.82, 2.24) is 0 Å². The van der Waals surface area contributed by atoms with E-state index < -0.39 is 0 Å². The summed E-state index contributed by atoms with van der Waals surface area (Å²) in [6.07, 6.45) is -0.639. The highest BCUT2D eigenvalue weighted by atomic mass is 16.5. The van der Waals surface area contributed by atoms with Crippen LogP contribution >= 0.6 is 0 Å². The van der Waals surface area contributed by atoms with Crippen molar-refractivity contribution in [2.24, 2.45) is 23.3 Å². The monoisotopic (exact) mass is 234 g/mol. The van der Waals surface area contributed by atoms with Gasteiger partial charge in [0.1, 0.15) is 0 Å². The molecule has 0 amide bonds. The summed E-state index contributed by atoms with van der Waals surface area (Å²) in [6.45, 7) is 3.22. The van der Waals surface area contributed by atoms with Crippen LogP contribution in [0.4, 0.5) is 0 Å². The van der Waals surface area contributed by atoms with E-state index in [4.69, 9.17) is 31.2 Å². The van der Waals surface area contributed by atoms with Crippen LogP contribution in [0.3, 0.4) is 0 Å². The Morgan fingerprint density at radius 3 is 1.31 bits per heavy atom. The van der Waals surface area contributed by atoms with Crippen molar-refractivity contribution in [3.8, 4) is 0 Å². The quantitative estimate of drug-likeness (QED) is 0.436. The van der Waals surface area contributed by atoms with Crippen LogP contribution in [-0.2, 0) is 9.47 Å². The lowest BCUT2D eigenvalue weighted by atomic mass is 10.1. The van der Waals surface area contributed by atoms with Crippen LogP contribution in [0.25, 0.3) is 0 Å². The molecular formula is C10H22N2O4. The SMILES string of the molecule is NC[C@@H]1COC[C@@H]1O.NC[C@H]1COC[C@H]1O. The van der Waals surface area contributed by atoms with E-state index in [1.165, 1.54) is 0 Å². The summed E-state index contributed by atoms with van der Waals surface area (Å²) in [6, 6.07) is 0. The van der Waals surface area contributed by atoms with Gasteiger partial charge >= 0.3 is 0 Å². The molecule has 0 radical (unpaired) electrons. The van der Waals surface area contributed by atoms with Gasteiger partial charge in [-0.15, -0.1) is 0 Å². The molecule has 0 bridgehead atoms. The van der Waals surface area contributed by atoms with Gasteiger partial charge in [0.25, 0.3) is 0 Å². The normalized spacial score (nSPS) is 38.2. The lowest BCUT2D eigenvalue weighted by Crippen LogP contribution is -2.25. The molecule has 2 fully saturated rings. The maximum Gasteiger partial charge on any atom is 0.0835 e. The molecule has 6 N–H and O–H groups in total. The second-order valence-electron chi connectivity index (χ2n) is 4.20. The molecule has 2 saturated heterocycles. The number of hydrogen-bond donors (Lipinski definition) is 4. The van der Waals surface area contributed by atoms with E-state index in [0.29, 0.717) is 39.5 Å². The molecule has 96 valence electrons. The summed E-state index contributed by atoms with van der Waals surface area (Å²) >= 11 is 0. The fourth-order valence-electron chi connectivity index (χ4n) is 1.62. The molecule has 0 spiro atoms. The molecule has 2 aliphatic heterocycles. The number of hydrogen-bond acceptors (Lipinski definition) is 6. The molecule has 0 aliphatic carbocycles. The first-order chi connectivity index (χ1) is 7.69. The zero-order chi connectivity index (χ0) is 12.0. The zero-order valence-corrected chi connectivity index (χ0v) is 9.42. The summed E-state index contributed by atoms with van der Waals surface area (Å²) in [5.41, 5.74) is 10.6. The van der Waals surface area contributed by atoms with E-state index in [1.54, 1.807) is 0 Å². The van der Waals surface area contributed by atoms with E-state index >= 15 is 0 Å². The van der Waals surface area contributed by atoms with Gasteiger partial charge in [-0.2, -0.15) is 0 Å². The van der Waals surface area contributed by atoms with Crippen LogP contribution in [0, 0.1) is 11.8 Å². The van der Waals surface area contributed by atoms with Crippen LogP contribution < -0.4 is 11.5 Å². The minimum Gasteiger partial charge on any atom is -0.390 e. The maximum absolute atomic E-state index is 8.98. The summed E-state index contributed by atoms with van der Waals surface area (Å²) in [4.78, 5) is 0. The molecule has 0 aromatic carbocycles. The number of aliphatic hydroxyl groups is 2. The van der Waals surface area contributed by atoms with E-state index in [1.807, 2.05) is 0 Å². The predicted molar refractivity (Wildman–Crippen MR) is 58.7 cm³/mol. The fraction of sp³-hybridized carbons (Fsp3) is 1.00. The summed E-state index contributed by atoms with van der Waals surface area (Å²) in [7, 11) is 0. The Morgan fingerprint density at radius 1 is 0.812 bits per heavy atom. The standard InChI is InChI=1S/2C5H11NO2/c2*6-1-4-2-8-3-5(4)7/h2*4-5,7H,1-3,6H2/t2*4-,5+/m10/s1. The predicted octanol–water partition coefficient (Wildman–Crippen LogP) is -2.10. The van der Waals surface area contributed by atoms with Gasteiger partial charge in [-0.25, -0.2) is 0 Å². The molecule has 0 aromatic rings. The van der Waals surface area contributed by atoms with Crippen molar-refractivity contribution in [2.75, 3.05) is 39.5 Å². The lowest BCUT2D eigenvalue weighted by Gasteiger charge is -2.06. The Hall–Kier alpha value is -0.240. The topological polar surface area (TPSA) is 111 Å². The molecule has 0 saturated carbocycles. The first-order valence-corrected chi connectivity index (χ1v) is 5.60. The fourth-order valence-corrected chi connectivity index (χ4v) is 1.62. The van der Waals surface area contributed by atoms with Crippen LogP contribution in [0.5, 0.6) is 0 Å². The second-order valence-corrected chi connectivity index (χ2v) is 4.20. The molecule has 6 heteroatoms. The number of aliphatic hydroxyl groups excluding tert-OH is 2. The Morgan fingerprint density at radius 2 is 1.19 bits per heavy atom.